The zero-order chi connectivity index (χ0) is 25.5. The zero-order valence-electron chi connectivity index (χ0n) is 21.1. The van der Waals surface area contributed by atoms with Crippen LogP contribution in [0.25, 0.3) is 86.2 Å². The lowest BCUT2D eigenvalue weighted by Crippen LogP contribution is -1.83. The number of thiophene rings is 1. The molecule has 7 aromatic carbocycles. The summed E-state index contributed by atoms with van der Waals surface area (Å²) >= 11 is 1.90. The third kappa shape index (κ3) is 3.05. The molecular weight excluding hydrogens is 488 g/mol. The Kier molecular flexibility index (Phi) is 4.30. The van der Waals surface area contributed by atoms with Crippen LogP contribution in [0.3, 0.4) is 0 Å². The predicted molar refractivity (Wildman–Crippen MR) is 170 cm³/mol. The van der Waals surface area contributed by atoms with Gasteiger partial charge in [0.25, 0.3) is 0 Å². The van der Waals surface area contributed by atoms with Crippen molar-refractivity contribution in [3.63, 3.8) is 0 Å². The van der Waals surface area contributed by atoms with Crippen molar-refractivity contribution in [1.82, 2.24) is 0 Å². The van der Waals surface area contributed by atoms with Crippen molar-refractivity contribution in [2.45, 2.75) is 0 Å². The maximum Gasteiger partial charge on any atom is 0.0361 e. The highest BCUT2D eigenvalue weighted by atomic mass is 32.1. The van der Waals surface area contributed by atoms with Gasteiger partial charge in [-0.2, -0.15) is 0 Å². The number of hydrogen-bond acceptors (Lipinski definition) is 1. The Hall–Kier alpha value is -4.72. The van der Waals surface area contributed by atoms with Gasteiger partial charge in [0.05, 0.1) is 0 Å². The topological polar surface area (TPSA) is 0 Å². The molecule has 0 saturated heterocycles. The standard InChI is InChI=1S/C38H22S/c1-2-7-24-20-25(13-12-23(24)6-1)26-14-16-31-32-17-15-27(22-37(32)39-36(31)21-26)28-18-19-35-30-9-4-3-8-29(30)34-11-5-10-33(28)38(34)35/h1-22H. The average Bonchev–Trinajstić information content (AvgIpc) is 3.53. The summed E-state index contributed by atoms with van der Waals surface area (Å²) in [5, 5.41) is 7.95. The van der Waals surface area contributed by atoms with Crippen molar-refractivity contribution in [1.29, 1.82) is 0 Å². The monoisotopic (exact) mass is 510 g/mol. The predicted octanol–water partition coefficient (Wildman–Crippen LogP) is 11.3. The molecule has 9 rings (SSSR count). The van der Waals surface area contributed by atoms with Crippen LogP contribution in [-0.4, -0.2) is 0 Å². The van der Waals surface area contributed by atoms with Crippen LogP contribution in [0.5, 0.6) is 0 Å². The Morgan fingerprint density at radius 1 is 0.333 bits per heavy atom. The van der Waals surface area contributed by atoms with Crippen LogP contribution in [0.15, 0.2) is 133 Å². The quantitative estimate of drug-likeness (QED) is 0.217. The molecular formula is C38H22S. The number of hydrogen-bond donors (Lipinski definition) is 0. The van der Waals surface area contributed by atoms with E-state index in [4.69, 9.17) is 0 Å². The molecule has 0 radical (unpaired) electrons. The van der Waals surface area contributed by atoms with E-state index in [-0.39, 0.29) is 0 Å². The first-order valence-corrected chi connectivity index (χ1v) is 14.2. The van der Waals surface area contributed by atoms with Gasteiger partial charge in [-0.3, -0.25) is 0 Å². The molecule has 0 amide bonds. The second kappa shape index (κ2) is 7.89. The molecule has 0 unspecified atom stereocenters. The van der Waals surface area contributed by atoms with E-state index in [1.807, 2.05) is 11.3 Å². The first-order chi connectivity index (χ1) is 19.3. The summed E-state index contributed by atoms with van der Waals surface area (Å²) < 4.78 is 2.67. The largest absolute Gasteiger partial charge is 0.135 e. The summed E-state index contributed by atoms with van der Waals surface area (Å²) in [4.78, 5) is 0. The van der Waals surface area contributed by atoms with Crippen LogP contribution in [-0.2, 0) is 0 Å². The van der Waals surface area contributed by atoms with Gasteiger partial charge >= 0.3 is 0 Å². The SMILES string of the molecule is c1ccc2c(c1)-c1cccc3c(-c4ccc5c(c4)sc4cc(-c6ccc7ccccc7c6)ccc45)ccc-2c13. The molecule has 1 aliphatic rings. The Balaban J connectivity index is 1.19. The summed E-state index contributed by atoms with van der Waals surface area (Å²) in [7, 11) is 0. The molecule has 0 saturated carbocycles. The second-order valence-corrected chi connectivity index (χ2v) is 11.6. The van der Waals surface area contributed by atoms with Crippen molar-refractivity contribution in [3.8, 4) is 44.5 Å². The van der Waals surface area contributed by atoms with E-state index in [2.05, 4.69) is 133 Å². The summed E-state index contributed by atoms with van der Waals surface area (Å²) in [6, 6.07) is 49.5. The van der Waals surface area contributed by atoms with Gasteiger partial charge in [-0.1, -0.05) is 115 Å². The van der Waals surface area contributed by atoms with Crippen LogP contribution in [0.1, 0.15) is 0 Å². The molecule has 1 aromatic heterocycles. The molecule has 0 bridgehead atoms. The lowest BCUT2D eigenvalue weighted by molar-refractivity contribution is 1.69. The fraction of sp³-hybridized carbons (Fsp3) is 0. The van der Waals surface area contributed by atoms with E-state index >= 15 is 0 Å². The normalized spacial score (nSPS) is 12.1. The Bertz CT molecular complexity index is 2250. The molecule has 39 heavy (non-hydrogen) atoms. The minimum atomic E-state index is 1.27. The fourth-order valence-electron chi connectivity index (χ4n) is 6.55. The highest BCUT2D eigenvalue weighted by molar-refractivity contribution is 7.25. The molecule has 0 N–H and O–H groups in total. The van der Waals surface area contributed by atoms with Gasteiger partial charge in [0.2, 0.25) is 0 Å². The van der Waals surface area contributed by atoms with Gasteiger partial charge in [0.15, 0.2) is 0 Å². The Morgan fingerprint density at radius 3 is 1.74 bits per heavy atom. The summed E-state index contributed by atoms with van der Waals surface area (Å²) in [5.41, 5.74) is 10.5. The molecule has 1 heterocycles. The van der Waals surface area contributed by atoms with Gasteiger partial charge in [-0.05, 0) is 84.3 Å². The molecule has 0 spiro atoms. The number of fused-ring (bicyclic) bond motifs is 7. The van der Waals surface area contributed by atoms with Crippen molar-refractivity contribution >= 4 is 53.1 Å². The minimum Gasteiger partial charge on any atom is -0.135 e. The Morgan fingerprint density at radius 2 is 0.923 bits per heavy atom. The number of benzene rings is 7. The van der Waals surface area contributed by atoms with E-state index in [0.29, 0.717) is 0 Å². The van der Waals surface area contributed by atoms with Crippen LogP contribution in [0.4, 0.5) is 0 Å². The van der Waals surface area contributed by atoms with Crippen molar-refractivity contribution in [2.24, 2.45) is 0 Å². The second-order valence-electron chi connectivity index (χ2n) is 10.5. The molecule has 8 aromatic rings. The Labute approximate surface area is 230 Å². The van der Waals surface area contributed by atoms with Crippen LogP contribution in [0.2, 0.25) is 0 Å². The van der Waals surface area contributed by atoms with Crippen molar-refractivity contribution in [3.05, 3.63) is 133 Å². The van der Waals surface area contributed by atoms with E-state index in [1.54, 1.807) is 0 Å². The highest BCUT2D eigenvalue weighted by Crippen LogP contribution is 2.49. The van der Waals surface area contributed by atoms with Gasteiger partial charge in [-0.25, -0.2) is 0 Å². The van der Waals surface area contributed by atoms with Crippen molar-refractivity contribution < 1.29 is 0 Å². The minimum absolute atomic E-state index is 1.27. The van der Waals surface area contributed by atoms with Crippen molar-refractivity contribution in [2.75, 3.05) is 0 Å². The van der Waals surface area contributed by atoms with E-state index in [0.717, 1.165) is 0 Å². The van der Waals surface area contributed by atoms with E-state index < -0.39 is 0 Å². The molecule has 0 aliphatic heterocycles. The summed E-state index contributed by atoms with van der Waals surface area (Å²) in [6.07, 6.45) is 0. The molecule has 180 valence electrons. The molecule has 0 nitrogen and oxygen atoms in total. The smallest absolute Gasteiger partial charge is 0.0361 e. The lowest BCUT2D eigenvalue weighted by Gasteiger charge is -2.10. The molecule has 1 aliphatic carbocycles. The van der Waals surface area contributed by atoms with Gasteiger partial charge in [-0.15, -0.1) is 11.3 Å². The zero-order valence-corrected chi connectivity index (χ0v) is 21.9. The third-order valence-corrected chi connectivity index (χ3v) is 9.53. The van der Waals surface area contributed by atoms with Gasteiger partial charge in [0, 0.05) is 20.2 Å². The van der Waals surface area contributed by atoms with Gasteiger partial charge < -0.3 is 0 Å². The van der Waals surface area contributed by atoms with Gasteiger partial charge in [0.1, 0.15) is 0 Å². The first-order valence-electron chi connectivity index (χ1n) is 13.4. The van der Waals surface area contributed by atoms with E-state index in [1.165, 1.54) is 86.2 Å². The summed E-state index contributed by atoms with van der Waals surface area (Å²) in [5.74, 6) is 0. The fourth-order valence-corrected chi connectivity index (χ4v) is 7.74. The van der Waals surface area contributed by atoms with Crippen LogP contribution in [0, 0.1) is 0 Å². The first kappa shape index (κ1) is 21.2. The maximum atomic E-state index is 2.39. The third-order valence-electron chi connectivity index (χ3n) is 8.42. The molecule has 0 atom stereocenters. The van der Waals surface area contributed by atoms with Crippen LogP contribution < -0.4 is 0 Å². The summed E-state index contributed by atoms with van der Waals surface area (Å²) in [6.45, 7) is 0. The van der Waals surface area contributed by atoms with Crippen LogP contribution >= 0.6 is 11.3 Å². The lowest BCUT2D eigenvalue weighted by atomic mass is 9.94. The number of rotatable bonds is 2. The molecule has 1 heteroatoms. The maximum absolute atomic E-state index is 2.39. The highest BCUT2D eigenvalue weighted by Gasteiger charge is 2.22. The average molecular weight is 511 g/mol. The van der Waals surface area contributed by atoms with E-state index in [9.17, 15) is 0 Å². The molecule has 0 fully saturated rings.